The number of amides is 1. The van der Waals surface area contributed by atoms with Gasteiger partial charge in [0.1, 0.15) is 11.4 Å². The Bertz CT molecular complexity index is 727. The van der Waals surface area contributed by atoms with Gasteiger partial charge in [0, 0.05) is 12.3 Å². The third kappa shape index (κ3) is 2.87. The SMILES string of the molecule is O=C(c1cc2c(cn1)OCCC2)N(c1ccccc1)[C@H]1CCOC1. The van der Waals surface area contributed by atoms with E-state index >= 15 is 0 Å². The van der Waals surface area contributed by atoms with Gasteiger partial charge in [0.05, 0.1) is 25.5 Å². The van der Waals surface area contributed by atoms with Crippen molar-refractivity contribution in [2.24, 2.45) is 0 Å². The van der Waals surface area contributed by atoms with Crippen molar-refractivity contribution in [3.63, 3.8) is 0 Å². The smallest absolute Gasteiger partial charge is 0.277 e. The molecule has 5 nitrogen and oxygen atoms in total. The zero-order chi connectivity index (χ0) is 16.4. The standard InChI is InChI=1S/C19H20N2O3/c22-19(17-11-14-5-4-9-24-18(14)12-20-17)21(16-8-10-23-13-16)15-6-2-1-3-7-15/h1-3,6-7,11-12,16H,4-5,8-10,13H2/t16-/m0/s1. The number of hydrogen-bond donors (Lipinski definition) is 0. The van der Waals surface area contributed by atoms with Crippen LogP contribution in [0.1, 0.15) is 28.9 Å². The predicted molar refractivity (Wildman–Crippen MR) is 90.5 cm³/mol. The van der Waals surface area contributed by atoms with Crippen LogP contribution in [0, 0.1) is 0 Å². The Hall–Kier alpha value is -2.40. The Morgan fingerprint density at radius 2 is 2.08 bits per heavy atom. The zero-order valence-corrected chi connectivity index (χ0v) is 13.5. The fourth-order valence-corrected chi connectivity index (χ4v) is 3.30. The molecule has 1 amide bonds. The molecule has 2 aromatic rings. The minimum atomic E-state index is -0.0786. The minimum absolute atomic E-state index is 0.0500. The van der Waals surface area contributed by atoms with Gasteiger partial charge < -0.3 is 14.4 Å². The molecule has 4 rings (SSSR count). The number of hydrogen-bond acceptors (Lipinski definition) is 4. The Balaban J connectivity index is 1.68. The number of ether oxygens (including phenoxy) is 2. The van der Waals surface area contributed by atoms with Gasteiger partial charge in [-0.2, -0.15) is 0 Å². The summed E-state index contributed by atoms with van der Waals surface area (Å²) < 4.78 is 11.1. The van der Waals surface area contributed by atoms with Gasteiger partial charge >= 0.3 is 0 Å². The van der Waals surface area contributed by atoms with Crippen molar-refractivity contribution in [2.45, 2.75) is 25.3 Å². The van der Waals surface area contributed by atoms with Crippen molar-refractivity contribution in [2.75, 3.05) is 24.7 Å². The number of carbonyl (C=O) groups excluding carboxylic acids is 1. The van der Waals surface area contributed by atoms with Crippen LogP contribution in [0.2, 0.25) is 0 Å². The van der Waals surface area contributed by atoms with Crippen LogP contribution in [0.5, 0.6) is 5.75 Å². The number of nitrogens with zero attached hydrogens (tertiary/aromatic N) is 2. The fourth-order valence-electron chi connectivity index (χ4n) is 3.30. The Morgan fingerprint density at radius 3 is 2.88 bits per heavy atom. The van der Waals surface area contributed by atoms with Gasteiger partial charge in [-0.3, -0.25) is 4.79 Å². The van der Waals surface area contributed by atoms with Crippen molar-refractivity contribution < 1.29 is 14.3 Å². The molecule has 0 unspecified atom stereocenters. The average Bonchev–Trinajstić information content (AvgIpc) is 3.16. The molecule has 0 N–H and O–H groups in total. The van der Waals surface area contributed by atoms with Crippen molar-refractivity contribution in [3.05, 3.63) is 53.9 Å². The van der Waals surface area contributed by atoms with Crippen molar-refractivity contribution in [1.29, 1.82) is 0 Å². The van der Waals surface area contributed by atoms with Gasteiger partial charge in [-0.15, -0.1) is 0 Å². The first-order valence-corrected chi connectivity index (χ1v) is 8.41. The second-order valence-corrected chi connectivity index (χ2v) is 6.16. The van der Waals surface area contributed by atoms with Gasteiger partial charge in [-0.05, 0) is 43.0 Å². The van der Waals surface area contributed by atoms with E-state index in [1.807, 2.05) is 41.3 Å². The molecular weight excluding hydrogens is 304 g/mol. The summed E-state index contributed by atoms with van der Waals surface area (Å²) in [6, 6.07) is 11.7. The molecule has 1 aromatic carbocycles. The van der Waals surface area contributed by atoms with E-state index in [2.05, 4.69) is 4.98 Å². The molecule has 24 heavy (non-hydrogen) atoms. The molecule has 2 aliphatic heterocycles. The lowest BCUT2D eigenvalue weighted by Crippen LogP contribution is -2.41. The lowest BCUT2D eigenvalue weighted by atomic mass is 10.1. The maximum atomic E-state index is 13.2. The normalized spacial score (nSPS) is 19.4. The summed E-state index contributed by atoms with van der Waals surface area (Å²) in [6.45, 7) is 1.97. The third-order valence-electron chi connectivity index (χ3n) is 4.54. The van der Waals surface area contributed by atoms with Gasteiger partial charge in [-0.1, -0.05) is 18.2 Å². The Labute approximate surface area is 141 Å². The second kappa shape index (κ2) is 6.61. The highest BCUT2D eigenvalue weighted by molar-refractivity contribution is 6.05. The maximum Gasteiger partial charge on any atom is 0.277 e. The van der Waals surface area contributed by atoms with E-state index in [1.54, 1.807) is 6.20 Å². The monoisotopic (exact) mass is 324 g/mol. The number of fused-ring (bicyclic) bond motifs is 1. The van der Waals surface area contributed by atoms with Gasteiger partial charge in [-0.25, -0.2) is 4.98 Å². The first-order valence-electron chi connectivity index (χ1n) is 8.41. The van der Waals surface area contributed by atoms with Gasteiger partial charge in [0.2, 0.25) is 0 Å². The molecule has 2 aliphatic rings. The highest BCUT2D eigenvalue weighted by Gasteiger charge is 2.30. The lowest BCUT2D eigenvalue weighted by molar-refractivity contribution is 0.0966. The molecule has 0 radical (unpaired) electrons. The number of anilines is 1. The van der Waals surface area contributed by atoms with Crippen LogP contribution in [0.15, 0.2) is 42.6 Å². The molecule has 0 saturated carbocycles. The van der Waals surface area contributed by atoms with Crippen LogP contribution in [0.4, 0.5) is 5.69 Å². The molecule has 1 atom stereocenters. The van der Waals surface area contributed by atoms with Crippen LogP contribution < -0.4 is 9.64 Å². The Morgan fingerprint density at radius 1 is 1.21 bits per heavy atom. The van der Waals surface area contributed by atoms with E-state index in [0.29, 0.717) is 18.9 Å². The number of para-hydroxylation sites is 1. The van der Waals surface area contributed by atoms with E-state index in [9.17, 15) is 4.79 Å². The van der Waals surface area contributed by atoms with Crippen molar-refractivity contribution >= 4 is 11.6 Å². The minimum Gasteiger partial charge on any atom is -0.492 e. The van der Waals surface area contributed by atoms with Crippen LogP contribution in [-0.2, 0) is 11.2 Å². The predicted octanol–water partition coefficient (Wildman–Crippen LogP) is 2.84. The van der Waals surface area contributed by atoms with Crippen LogP contribution >= 0.6 is 0 Å². The van der Waals surface area contributed by atoms with E-state index in [0.717, 1.165) is 42.9 Å². The zero-order valence-electron chi connectivity index (χ0n) is 13.5. The summed E-state index contributed by atoms with van der Waals surface area (Å²) in [5.74, 6) is 0.721. The number of rotatable bonds is 3. The van der Waals surface area contributed by atoms with Crippen molar-refractivity contribution in [1.82, 2.24) is 4.98 Å². The van der Waals surface area contributed by atoms with Gasteiger partial charge in [0.25, 0.3) is 5.91 Å². The summed E-state index contributed by atoms with van der Waals surface area (Å²) >= 11 is 0. The quantitative estimate of drug-likeness (QED) is 0.871. The number of carbonyl (C=O) groups is 1. The molecule has 0 bridgehead atoms. The average molecular weight is 324 g/mol. The lowest BCUT2D eigenvalue weighted by Gasteiger charge is -2.28. The summed E-state index contributed by atoms with van der Waals surface area (Å²) in [5.41, 5.74) is 2.42. The fraction of sp³-hybridized carbons (Fsp3) is 0.368. The first-order chi connectivity index (χ1) is 11.8. The molecule has 124 valence electrons. The number of pyridine rings is 1. The molecule has 1 saturated heterocycles. The summed E-state index contributed by atoms with van der Waals surface area (Å²) in [7, 11) is 0. The van der Waals surface area contributed by atoms with E-state index in [-0.39, 0.29) is 11.9 Å². The molecule has 1 fully saturated rings. The van der Waals surface area contributed by atoms with E-state index < -0.39 is 0 Å². The molecule has 3 heterocycles. The number of aromatic nitrogens is 1. The Kier molecular flexibility index (Phi) is 4.17. The first kappa shape index (κ1) is 15.1. The summed E-state index contributed by atoms with van der Waals surface area (Å²) in [6.07, 6.45) is 4.42. The van der Waals surface area contributed by atoms with E-state index in [1.165, 1.54) is 0 Å². The summed E-state index contributed by atoms with van der Waals surface area (Å²) in [5, 5.41) is 0. The topological polar surface area (TPSA) is 51.7 Å². The van der Waals surface area contributed by atoms with Crippen molar-refractivity contribution in [3.8, 4) is 5.75 Å². The van der Waals surface area contributed by atoms with E-state index in [4.69, 9.17) is 9.47 Å². The second-order valence-electron chi connectivity index (χ2n) is 6.16. The van der Waals surface area contributed by atoms with Gasteiger partial charge in [0.15, 0.2) is 0 Å². The molecular formula is C19H20N2O3. The van der Waals surface area contributed by atoms with Crippen LogP contribution in [-0.4, -0.2) is 36.8 Å². The molecule has 0 spiro atoms. The molecule has 5 heteroatoms. The maximum absolute atomic E-state index is 13.2. The molecule has 0 aliphatic carbocycles. The largest absolute Gasteiger partial charge is 0.492 e. The van der Waals surface area contributed by atoms with Crippen LogP contribution in [0.3, 0.4) is 0 Å². The highest BCUT2D eigenvalue weighted by Crippen LogP contribution is 2.27. The number of aryl methyl sites for hydroxylation is 1. The highest BCUT2D eigenvalue weighted by atomic mass is 16.5. The third-order valence-corrected chi connectivity index (χ3v) is 4.54. The van der Waals surface area contributed by atoms with Crippen LogP contribution in [0.25, 0.3) is 0 Å². The molecule has 1 aromatic heterocycles. The summed E-state index contributed by atoms with van der Waals surface area (Å²) in [4.78, 5) is 19.4. The number of benzene rings is 1.